The highest BCUT2D eigenvalue weighted by atomic mass is 35.5. The molecular formula is C23H27ClN2O2S. The minimum atomic E-state index is -0.0685. The molecule has 0 radical (unpaired) electrons. The molecule has 2 amide bonds. The van der Waals surface area contributed by atoms with Crippen LogP contribution in [-0.2, 0) is 21.8 Å². The fraction of sp³-hybridized carbons (Fsp3) is 0.391. The highest BCUT2D eigenvalue weighted by Crippen LogP contribution is 2.31. The predicted octanol–water partition coefficient (Wildman–Crippen LogP) is 4.66. The molecule has 1 atom stereocenters. The highest BCUT2D eigenvalue weighted by molar-refractivity contribution is 7.99. The third-order valence-electron chi connectivity index (χ3n) is 4.99. The van der Waals surface area contributed by atoms with Crippen molar-refractivity contribution in [2.45, 2.75) is 43.2 Å². The van der Waals surface area contributed by atoms with Crippen LogP contribution in [0, 0.1) is 0 Å². The minimum absolute atomic E-state index is 0.0636. The van der Waals surface area contributed by atoms with Crippen LogP contribution >= 0.6 is 23.4 Å². The van der Waals surface area contributed by atoms with E-state index in [0.717, 1.165) is 36.5 Å². The van der Waals surface area contributed by atoms with E-state index in [9.17, 15) is 9.59 Å². The lowest BCUT2D eigenvalue weighted by atomic mass is 10.1. The topological polar surface area (TPSA) is 49.4 Å². The van der Waals surface area contributed by atoms with E-state index in [1.165, 1.54) is 11.1 Å². The van der Waals surface area contributed by atoms with Crippen LogP contribution < -0.4 is 5.32 Å². The Morgan fingerprint density at radius 3 is 2.52 bits per heavy atom. The van der Waals surface area contributed by atoms with Crippen LogP contribution in [0.4, 0.5) is 0 Å². The Hall–Kier alpha value is -1.98. The molecule has 1 heterocycles. The molecule has 1 aliphatic rings. The number of benzene rings is 2. The van der Waals surface area contributed by atoms with Crippen molar-refractivity contribution in [3.63, 3.8) is 0 Å². The molecule has 1 N–H and O–H groups in total. The van der Waals surface area contributed by atoms with Crippen LogP contribution in [0.3, 0.4) is 0 Å². The van der Waals surface area contributed by atoms with Gasteiger partial charge in [0, 0.05) is 17.3 Å². The molecule has 1 aliphatic heterocycles. The number of carbonyl (C=O) groups is 2. The number of unbranched alkanes of at least 4 members (excludes halogenated alkanes) is 2. The van der Waals surface area contributed by atoms with E-state index in [1.807, 2.05) is 30.3 Å². The molecule has 3 rings (SSSR count). The van der Waals surface area contributed by atoms with E-state index in [2.05, 4.69) is 29.6 Å². The van der Waals surface area contributed by atoms with Crippen LogP contribution in [0.2, 0.25) is 5.02 Å². The van der Waals surface area contributed by atoms with Crippen molar-refractivity contribution in [2.75, 3.05) is 13.1 Å². The van der Waals surface area contributed by atoms with Crippen molar-refractivity contribution in [3.8, 4) is 0 Å². The maximum absolute atomic E-state index is 12.2. The van der Waals surface area contributed by atoms with Crippen LogP contribution in [-0.4, -0.2) is 35.2 Å². The molecule has 0 bridgehead atoms. The molecule has 1 saturated heterocycles. The number of thioether (sulfide) groups is 1. The van der Waals surface area contributed by atoms with Crippen LogP contribution in [0.25, 0.3) is 0 Å². The first-order valence-corrected chi connectivity index (χ1v) is 11.5. The summed E-state index contributed by atoms with van der Waals surface area (Å²) in [6, 6.07) is 18.1. The third-order valence-corrected chi connectivity index (χ3v) is 6.55. The van der Waals surface area contributed by atoms with Crippen molar-refractivity contribution in [1.29, 1.82) is 0 Å². The number of hydrogen-bond donors (Lipinski definition) is 1. The molecule has 0 spiro atoms. The molecule has 2 aromatic carbocycles. The number of amides is 2. The quantitative estimate of drug-likeness (QED) is 0.416. The summed E-state index contributed by atoms with van der Waals surface area (Å²) in [5.74, 6) is 0.847. The van der Waals surface area contributed by atoms with Crippen molar-refractivity contribution >= 4 is 35.2 Å². The largest absolute Gasteiger partial charge is 0.355 e. The second-order valence-corrected chi connectivity index (χ2v) is 8.87. The molecule has 1 unspecified atom stereocenters. The Balaban J connectivity index is 1.27. The van der Waals surface area contributed by atoms with Gasteiger partial charge in [0.15, 0.2) is 0 Å². The summed E-state index contributed by atoms with van der Waals surface area (Å²) in [7, 11) is 0. The molecule has 29 heavy (non-hydrogen) atoms. The van der Waals surface area contributed by atoms with Gasteiger partial charge in [-0.3, -0.25) is 9.59 Å². The number of β-lactam (4-membered cyclic amide) rings is 1. The molecule has 154 valence electrons. The first-order chi connectivity index (χ1) is 14.1. The lowest BCUT2D eigenvalue weighted by Crippen LogP contribution is -2.54. The minimum Gasteiger partial charge on any atom is -0.355 e. The standard InChI is InChI=1S/C23H27ClN2O2S/c24-20-12-10-18(11-13-20)7-5-2-6-14-25-21(27)16-26-22(28)15-23(26)29-17-19-8-3-1-4-9-19/h1,3-4,8-13,23H,2,5-7,14-17H2,(H,25,27). The molecule has 2 aromatic rings. The number of likely N-dealkylation sites (tertiary alicyclic amines) is 1. The first kappa shape index (κ1) is 21.7. The third kappa shape index (κ3) is 7.09. The average Bonchev–Trinajstić information content (AvgIpc) is 2.74. The van der Waals surface area contributed by atoms with E-state index < -0.39 is 0 Å². The summed E-state index contributed by atoms with van der Waals surface area (Å²) in [6.07, 6.45) is 4.63. The monoisotopic (exact) mass is 430 g/mol. The number of aryl methyl sites for hydroxylation is 1. The Morgan fingerprint density at radius 2 is 1.79 bits per heavy atom. The number of halogens is 1. The van der Waals surface area contributed by atoms with Gasteiger partial charge in [0.1, 0.15) is 6.54 Å². The van der Waals surface area contributed by atoms with Gasteiger partial charge in [-0.25, -0.2) is 0 Å². The molecule has 0 aromatic heterocycles. The summed E-state index contributed by atoms with van der Waals surface area (Å²) in [4.78, 5) is 25.7. The number of carbonyl (C=O) groups excluding carboxylic acids is 2. The number of rotatable bonds is 11. The van der Waals surface area contributed by atoms with Gasteiger partial charge in [-0.2, -0.15) is 0 Å². The zero-order valence-corrected chi connectivity index (χ0v) is 18.1. The second-order valence-electron chi connectivity index (χ2n) is 7.26. The van der Waals surface area contributed by atoms with Gasteiger partial charge in [-0.1, -0.05) is 60.5 Å². The lowest BCUT2D eigenvalue weighted by Gasteiger charge is -2.39. The Morgan fingerprint density at radius 1 is 1.03 bits per heavy atom. The van der Waals surface area contributed by atoms with Gasteiger partial charge in [0.25, 0.3) is 0 Å². The summed E-state index contributed by atoms with van der Waals surface area (Å²) >= 11 is 7.61. The maximum Gasteiger partial charge on any atom is 0.239 e. The molecule has 6 heteroatoms. The second kappa shape index (κ2) is 11.3. The normalized spacial score (nSPS) is 15.8. The summed E-state index contributed by atoms with van der Waals surface area (Å²) in [5, 5.41) is 3.81. The molecule has 1 fully saturated rings. The number of nitrogens with zero attached hydrogens (tertiary/aromatic N) is 1. The van der Waals surface area contributed by atoms with E-state index in [4.69, 9.17) is 11.6 Å². The van der Waals surface area contributed by atoms with Gasteiger partial charge in [-0.05, 0) is 42.5 Å². The van der Waals surface area contributed by atoms with Crippen molar-refractivity contribution in [3.05, 3.63) is 70.7 Å². The summed E-state index contributed by atoms with van der Waals surface area (Å²) < 4.78 is 0. The fourth-order valence-electron chi connectivity index (χ4n) is 3.25. The van der Waals surface area contributed by atoms with Gasteiger partial charge in [0.2, 0.25) is 11.8 Å². The van der Waals surface area contributed by atoms with Crippen LogP contribution in [0.1, 0.15) is 36.8 Å². The molecule has 4 nitrogen and oxygen atoms in total. The fourth-order valence-corrected chi connectivity index (χ4v) is 4.59. The summed E-state index contributed by atoms with van der Waals surface area (Å²) in [5.41, 5.74) is 2.52. The van der Waals surface area contributed by atoms with Gasteiger partial charge in [0.05, 0.1) is 11.8 Å². The zero-order chi connectivity index (χ0) is 20.5. The zero-order valence-electron chi connectivity index (χ0n) is 16.5. The van der Waals surface area contributed by atoms with E-state index in [0.29, 0.717) is 13.0 Å². The Kier molecular flexibility index (Phi) is 8.44. The van der Waals surface area contributed by atoms with Crippen molar-refractivity contribution in [2.24, 2.45) is 0 Å². The first-order valence-electron chi connectivity index (χ1n) is 10.1. The van der Waals surface area contributed by atoms with Gasteiger partial charge >= 0.3 is 0 Å². The van der Waals surface area contributed by atoms with E-state index >= 15 is 0 Å². The predicted molar refractivity (Wildman–Crippen MR) is 120 cm³/mol. The lowest BCUT2D eigenvalue weighted by molar-refractivity contribution is -0.145. The Bertz CT molecular complexity index is 798. The van der Waals surface area contributed by atoms with Crippen LogP contribution in [0.5, 0.6) is 0 Å². The van der Waals surface area contributed by atoms with Gasteiger partial charge in [-0.15, -0.1) is 11.8 Å². The summed E-state index contributed by atoms with van der Waals surface area (Å²) in [6.45, 7) is 0.819. The molecule has 0 saturated carbocycles. The van der Waals surface area contributed by atoms with E-state index in [-0.39, 0.29) is 23.7 Å². The van der Waals surface area contributed by atoms with Crippen molar-refractivity contribution < 1.29 is 9.59 Å². The van der Waals surface area contributed by atoms with Crippen LogP contribution in [0.15, 0.2) is 54.6 Å². The smallest absolute Gasteiger partial charge is 0.239 e. The number of hydrogen-bond acceptors (Lipinski definition) is 3. The Labute approximate surface area is 182 Å². The molecule has 0 aliphatic carbocycles. The number of nitrogens with one attached hydrogen (secondary N) is 1. The van der Waals surface area contributed by atoms with E-state index in [1.54, 1.807) is 16.7 Å². The van der Waals surface area contributed by atoms with Crippen molar-refractivity contribution in [1.82, 2.24) is 10.2 Å². The SMILES string of the molecule is O=C(CN1C(=O)CC1SCc1ccccc1)NCCCCCc1ccc(Cl)cc1. The van der Waals surface area contributed by atoms with Gasteiger partial charge < -0.3 is 10.2 Å². The molecular weight excluding hydrogens is 404 g/mol. The maximum atomic E-state index is 12.2. The average molecular weight is 431 g/mol. The highest BCUT2D eigenvalue weighted by Gasteiger charge is 2.37.